The Kier molecular flexibility index (Phi) is 5.27. The summed E-state index contributed by atoms with van der Waals surface area (Å²) in [5.74, 6) is 0.927. The Bertz CT molecular complexity index is 324. The SMILES string of the molecule is CCNC1CC(OC2CCCC(CC)C2)C12CCCCC2. The van der Waals surface area contributed by atoms with E-state index in [2.05, 4.69) is 19.2 Å². The first-order chi connectivity index (χ1) is 10.3. The van der Waals surface area contributed by atoms with Crippen LogP contribution in [0.15, 0.2) is 0 Å². The van der Waals surface area contributed by atoms with Crippen LogP contribution in [-0.2, 0) is 4.74 Å². The predicted octanol–water partition coefficient (Wildman–Crippen LogP) is 4.67. The van der Waals surface area contributed by atoms with Crippen molar-refractivity contribution < 1.29 is 4.74 Å². The van der Waals surface area contributed by atoms with Crippen molar-refractivity contribution in [3.8, 4) is 0 Å². The van der Waals surface area contributed by atoms with Gasteiger partial charge in [0.05, 0.1) is 12.2 Å². The zero-order valence-electron chi connectivity index (χ0n) is 14.2. The van der Waals surface area contributed by atoms with E-state index in [-0.39, 0.29) is 0 Å². The highest BCUT2D eigenvalue weighted by Crippen LogP contribution is 2.54. The molecule has 2 nitrogen and oxygen atoms in total. The van der Waals surface area contributed by atoms with Gasteiger partial charge in [0.25, 0.3) is 0 Å². The van der Waals surface area contributed by atoms with Crippen molar-refractivity contribution in [1.29, 1.82) is 0 Å². The summed E-state index contributed by atoms with van der Waals surface area (Å²) in [4.78, 5) is 0. The molecule has 3 aliphatic carbocycles. The standard InChI is InChI=1S/C19H35NO/c1-3-15-9-8-10-16(13-15)21-18-14-17(20-4-2)19(18)11-6-5-7-12-19/h15-18,20H,3-14H2,1-2H3. The number of rotatable bonds is 5. The number of nitrogens with one attached hydrogen (secondary N) is 1. The van der Waals surface area contributed by atoms with Crippen molar-refractivity contribution >= 4 is 0 Å². The minimum Gasteiger partial charge on any atom is -0.374 e. The van der Waals surface area contributed by atoms with Crippen molar-refractivity contribution in [3.63, 3.8) is 0 Å². The molecular weight excluding hydrogens is 258 g/mol. The van der Waals surface area contributed by atoms with Crippen LogP contribution in [0.1, 0.15) is 84.5 Å². The van der Waals surface area contributed by atoms with Gasteiger partial charge >= 0.3 is 0 Å². The van der Waals surface area contributed by atoms with E-state index in [1.807, 2.05) is 0 Å². The molecule has 0 bridgehead atoms. The average Bonchev–Trinajstić information content (AvgIpc) is 2.55. The van der Waals surface area contributed by atoms with Crippen LogP contribution in [0.3, 0.4) is 0 Å². The molecule has 3 fully saturated rings. The quantitative estimate of drug-likeness (QED) is 0.795. The number of ether oxygens (including phenoxy) is 1. The molecule has 122 valence electrons. The molecule has 0 aromatic carbocycles. The molecule has 1 N–H and O–H groups in total. The van der Waals surface area contributed by atoms with Crippen molar-refractivity contribution in [1.82, 2.24) is 5.32 Å². The van der Waals surface area contributed by atoms with Crippen LogP contribution in [-0.4, -0.2) is 24.8 Å². The van der Waals surface area contributed by atoms with E-state index in [0.717, 1.165) is 18.5 Å². The van der Waals surface area contributed by atoms with Crippen molar-refractivity contribution in [2.24, 2.45) is 11.3 Å². The molecule has 0 amide bonds. The molecule has 4 atom stereocenters. The Morgan fingerprint density at radius 2 is 1.81 bits per heavy atom. The van der Waals surface area contributed by atoms with Crippen molar-refractivity contribution in [2.75, 3.05) is 6.54 Å². The van der Waals surface area contributed by atoms with Gasteiger partial charge in [-0.3, -0.25) is 0 Å². The second kappa shape index (κ2) is 7.00. The number of hydrogen-bond acceptors (Lipinski definition) is 2. The maximum Gasteiger partial charge on any atom is 0.0665 e. The van der Waals surface area contributed by atoms with E-state index in [0.29, 0.717) is 17.6 Å². The highest BCUT2D eigenvalue weighted by Gasteiger charge is 2.55. The molecule has 0 heterocycles. The molecule has 3 aliphatic rings. The number of hydrogen-bond donors (Lipinski definition) is 1. The van der Waals surface area contributed by atoms with Gasteiger partial charge in [-0.1, -0.05) is 52.4 Å². The van der Waals surface area contributed by atoms with E-state index in [9.17, 15) is 0 Å². The van der Waals surface area contributed by atoms with Crippen LogP contribution in [0, 0.1) is 11.3 Å². The van der Waals surface area contributed by atoms with Gasteiger partial charge in [-0.2, -0.15) is 0 Å². The van der Waals surface area contributed by atoms with Crippen LogP contribution in [0.2, 0.25) is 0 Å². The van der Waals surface area contributed by atoms with Crippen LogP contribution < -0.4 is 5.32 Å². The molecule has 0 aromatic rings. The topological polar surface area (TPSA) is 21.3 Å². The molecule has 0 aliphatic heterocycles. The predicted molar refractivity (Wildman–Crippen MR) is 88.5 cm³/mol. The Labute approximate surface area is 131 Å². The van der Waals surface area contributed by atoms with Gasteiger partial charge in [0, 0.05) is 11.5 Å². The Morgan fingerprint density at radius 1 is 1.00 bits per heavy atom. The van der Waals surface area contributed by atoms with Crippen LogP contribution in [0.4, 0.5) is 0 Å². The minimum atomic E-state index is 0.493. The summed E-state index contributed by atoms with van der Waals surface area (Å²) in [6.45, 7) is 5.71. The molecule has 1 spiro atoms. The van der Waals surface area contributed by atoms with E-state index >= 15 is 0 Å². The first kappa shape index (κ1) is 15.8. The lowest BCUT2D eigenvalue weighted by Gasteiger charge is -2.59. The highest BCUT2D eigenvalue weighted by molar-refractivity contribution is 5.09. The third kappa shape index (κ3) is 3.17. The smallest absolute Gasteiger partial charge is 0.0665 e. The minimum absolute atomic E-state index is 0.493. The largest absolute Gasteiger partial charge is 0.374 e. The fourth-order valence-electron chi connectivity index (χ4n) is 5.32. The van der Waals surface area contributed by atoms with E-state index in [1.54, 1.807) is 0 Å². The Morgan fingerprint density at radius 3 is 2.52 bits per heavy atom. The monoisotopic (exact) mass is 293 g/mol. The van der Waals surface area contributed by atoms with Crippen LogP contribution >= 0.6 is 0 Å². The molecule has 0 radical (unpaired) electrons. The lowest BCUT2D eigenvalue weighted by atomic mass is 9.55. The van der Waals surface area contributed by atoms with Gasteiger partial charge in [-0.25, -0.2) is 0 Å². The molecular formula is C19H35NO. The van der Waals surface area contributed by atoms with Crippen molar-refractivity contribution in [3.05, 3.63) is 0 Å². The van der Waals surface area contributed by atoms with E-state index in [1.165, 1.54) is 70.6 Å². The summed E-state index contributed by atoms with van der Waals surface area (Å²) in [7, 11) is 0. The molecule has 4 unspecified atom stereocenters. The zero-order valence-corrected chi connectivity index (χ0v) is 14.2. The summed E-state index contributed by atoms with van der Waals surface area (Å²) >= 11 is 0. The van der Waals surface area contributed by atoms with Gasteiger partial charge in [-0.05, 0) is 44.6 Å². The van der Waals surface area contributed by atoms with Gasteiger partial charge in [-0.15, -0.1) is 0 Å². The molecule has 0 aromatic heterocycles. The summed E-state index contributed by atoms with van der Waals surface area (Å²) in [6, 6.07) is 0.735. The zero-order chi connectivity index (χ0) is 14.7. The third-order valence-corrected chi connectivity index (χ3v) is 6.69. The summed E-state index contributed by atoms with van der Waals surface area (Å²) in [5, 5.41) is 3.75. The maximum absolute atomic E-state index is 6.69. The van der Waals surface area contributed by atoms with Gasteiger partial charge in [0.1, 0.15) is 0 Å². The van der Waals surface area contributed by atoms with Gasteiger partial charge in [0.2, 0.25) is 0 Å². The molecule has 0 saturated heterocycles. The molecule has 3 saturated carbocycles. The highest BCUT2D eigenvalue weighted by atomic mass is 16.5. The van der Waals surface area contributed by atoms with E-state index < -0.39 is 0 Å². The Balaban J connectivity index is 1.59. The molecule has 3 rings (SSSR count). The lowest BCUT2D eigenvalue weighted by molar-refractivity contribution is -0.184. The fourth-order valence-corrected chi connectivity index (χ4v) is 5.32. The third-order valence-electron chi connectivity index (χ3n) is 6.69. The van der Waals surface area contributed by atoms with Gasteiger partial charge in [0.15, 0.2) is 0 Å². The van der Waals surface area contributed by atoms with Crippen LogP contribution in [0.5, 0.6) is 0 Å². The van der Waals surface area contributed by atoms with E-state index in [4.69, 9.17) is 4.74 Å². The maximum atomic E-state index is 6.69. The molecule has 2 heteroatoms. The fraction of sp³-hybridized carbons (Fsp3) is 1.00. The van der Waals surface area contributed by atoms with Crippen molar-refractivity contribution in [2.45, 2.75) is 103 Å². The Hall–Kier alpha value is -0.0800. The van der Waals surface area contributed by atoms with Gasteiger partial charge < -0.3 is 10.1 Å². The molecule has 21 heavy (non-hydrogen) atoms. The lowest BCUT2D eigenvalue weighted by Crippen LogP contribution is -2.65. The first-order valence-corrected chi connectivity index (χ1v) is 9.67. The summed E-state index contributed by atoms with van der Waals surface area (Å²) in [5.41, 5.74) is 0.493. The summed E-state index contributed by atoms with van der Waals surface area (Å²) in [6.07, 6.45) is 16.3. The van der Waals surface area contributed by atoms with Crippen LogP contribution in [0.25, 0.3) is 0 Å². The second-order valence-electron chi connectivity index (χ2n) is 7.83. The first-order valence-electron chi connectivity index (χ1n) is 9.67. The normalized spacial score (nSPS) is 39.1. The second-order valence-corrected chi connectivity index (χ2v) is 7.83. The average molecular weight is 293 g/mol. The summed E-state index contributed by atoms with van der Waals surface area (Å²) < 4.78 is 6.69.